The number of cyclic esters (lactones) is 1. The lowest BCUT2D eigenvalue weighted by Crippen LogP contribution is -2.27. The van der Waals surface area contributed by atoms with E-state index >= 15 is 0 Å². The van der Waals surface area contributed by atoms with Gasteiger partial charge in [-0.1, -0.05) is 12.1 Å². The number of nitro benzene ring substituents is 1. The highest BCUT2D eigenvalue weighted by atomic mass is 32.1. The number of allylic oxidation sites excluding steroid dienone is 2. The van der Waals surface area contributed by atoms with Crippen molar-refractivity contribution >= 4 is 46.8 Å². The van der Waals surface area contributed by atoms with Crippen molar-refractivity contribution in [1.29, 1.82) is 0 Å². The Morgan fingerprint density at radius 2 is 2.04 bits per heavy atom. The standard InChI is InChI=1S/C17H11N3O6S/c1-9-5-14(21)12(16(23)26-9)8-19-13(15(22)18-17(19)27)7-10-3-2-4-11(6-10)20(24)25/h2-8H,1H3,(H,18,22,27)/b12-8+,13-7-. The second kappa shape index (κ2) is 6.92. The first-order chi connectivity index (χ1) is 12.8. The summed E-state index contributed by atoms with van der Waals surface area (Å²) in [4.78, 5) is 47.7. The number of thiocarbonyl (C=S) groups is 1. The summed E-state index contributed by atoms with van der Waals surface area (Å²) in [6.07, 6.45) is 3.61. The first kappa shape index (κ1) is 18.1. The monoisotopic (exact) mass is 385 g/mol. The highest BCUT2D eigenvalue weighted by Crippen LogP contribution is 2.23. The third-order valence-electron chi connectivity index (χ3n) is 3.65. The summed E-state index contributed by atoms with van der Waals surface area (Å²) in [7, 11) is 0. The van der Waals surface area contributed by atoms with Crippen LogP contribution in [0.1, 0.15) is 12.5 Å². The van der Waals surface area contributed by atoms with Crippen LogP contribution in [0.4, 0.5) is 5.69 Å². The van der Waals surface area contributed by atoms with Crippen molar-refractivity contribution in [3.05, 3.63) is 69.2 Å². The Labute approximate surface area is 157 Å². The van der Waals surface area contributed by atoms with Gasteiger partial charge in [0, 0.05) is 24.4 Å². The lowest BCUT2D eigenvalue weighted by atomic mass is 10.1. The Balaban J connectivity index is 2.03. The van der Waals surface area contributed by atoms with Crippen LogP contribution in [0.3, 0.4) is 0 Å². The molecular formula is C17H11N3O6S. The van der Waals surface area contributed by atoms with Crippen molar-refractivity contribution in [3.63, 3.8) is 0 Å². The summed E-state index contributed by atoms with van der Waals surface area (Å²) in [6.45, 7) is 1.46. The predicted octanol–water partition coefficient (Wildman–Crippen LogP) is 1.57. The van der Waals surface area contributed by atoms with E-state index in [9.17, 15) is 24.5 Å². The molecule has 0 aromatic heterocycles. The van der Waals surface area contributed by atoms with Crippen molar-refractivity contribution in [1.82, 2.24) is 10.2 Å². The zero-order valence-corrected chi connectivity index (χ0v) is 14.6. The minimum atomic E-state index is -0.864. The number of carbonyl (C=O) groups excluding carboxylic acids is 3. The Morgan fingerprint density at radius 3 is 2.70 bits per heavy atom. The van der Waals surface area contributed by atoms with Crippen molar-refractivity contribution in [2.75, 3.05) is 0 Å². The molecule has 2 aliphatic rings. The Morgan fingerprint density at radius 1 is 1.30 bits per heavy atom. The molecule has 0 spiro atoms. The van der Waals surface area contributed by atoms with Crippen LogP contribution in [0.15, 0.2) is 53.6 Å². The molecule has 2 heterocycles. The second-order valence-corrected chi connectivity index (χ2v) is 5.95. The zero-order chi connectivity index (χ0) is 19.7. The van der Waals surface area contributed by atoms with Gasteiger partial charge in [0.25, 0.3) is 11.6 Å². The van der Waals surface area contributed by atoms with Crippen LogP contribution in [0.2, 0.25) is 0 Å². The van der Waals surface area contributed by atoms with Gasteiger partial charge in [0.2, 0.25) is 0 Å². The van der Waals surface area contributed by atoms with Crippen LogP contribution < -0.4 is 5.32 Å². The maximum Gasteiger partial charge on any atom is 0.348 e. The van der Waals surface area contributed by atoms with Crippen LogP contribution in [-0.2, 0) is 19.1 Å². The minimum Gasteiger partial charge on any atom is -0.427 e. The van der Waals surface area contributed by atoms with E-state index in [-0.39, 0.29) is 27.8 Å². The fourth-order valence-electron chi connectivity index (χ4n) is 2.43. The first-order valence-electron chi connectivity index (χ1n) is 7.53. The SMILES string of the molecule is CC1=CC(=O)/C(=C\N2C(=S)NC(=O)/C2=C/c2cccc([N+](=O)[O-])c2)C(=O)O1. The molecule has 9 nitrogen and oxygen atoms in total. The molecule has 2 aliphatic heterocycles. The van der Waals surface area contributed by atoms with E-state index in [1.54, 1.807) is 6.07 Å². The number of amides is 1. The summed E-state index contributed by atoms with van der Waals surface area (Å²) in [6, 6.07) is 5.62. The third-order valence-corrected chi connectivity index (χ3v) is 3.95. The van der Waals surface area contributed by atoms with E-state index in [0.29, 0.717) is 5.56 Å². The number of ketones is 1. The molecule has 10 heteroatoms. The molecular weight excluding hydrogens is 374 g/mol. The van der Waals surface area contributed by atoms with E-state index < -0.39 is 22.6 Å². The summed E-state index contributed by atoms with van der Waals surface area (Å²) < 4.78 is 4.90. The van der Waals surface area contributed by atoms with Gasteiger partial charge in [-0.15, -0.1) is 0 Å². The predicted molar refractivity (Wildman–Crippen MR) is 96.6 cm³/mol. The van der Waals surface area contributed by atoms with Gasteiger partial charge >= 0.3 is 5.97 Å². The average Bonchev–Trinajstić information content (AvgIpc) is 2.84. The fourth-order valence-corrected chi connectivity index (χ4v) is 2.67. The number of nitrogens with one attached hydrogen (secondary N) is 1. The molecule has 1 amide bonds. The highest BCUT2D eigenvalue weighted by Gasteiger charge is 2.32. The maximum atomic E-state index is 12.2. The molecule has 1 fully saturated rings. The number of hydrogen-bond acceptors (Lipinski definition) is 7. The van der Waals surface area contributed by atoms with Crippen LogP contribution in [0.5, 0.6) is 0 Å². The fraction of sp³-hybridized carbons (Fsp3) is 0.0588. The van der Waals surface area contributed by atoms with E-state index in [4.69, 9.17) is 17.0 Å². The third kappa shape index (κ3) is 3.65. The van der Waals surface area contributed by atoms with Crippen molar-refractivity contribution in [2.45, 2.75) is 6.92 Å². The molecule has 1 N–H and O–H groups in total. The van der Waals surface area contributed by atoms with Gasteiger partial charge in [-0.25, -0.2) is 4.79 Å². The largest absolute Gasteiger partial charge is 0.427 e. The highest BCUT2D eigenvalue weighted by molar-refractivity contribution is 7.80. The molecule has 0 atom stereocenters. The molecule has 136 valence electrons. The minimum absolute atomic E-state index is 0.000118. The molecule has 0 radical (unpaired) electrons. The van der Waals surface area contributed by atoms with Gasteiger partial charge in [0.1, 0.15) is 17.0 Å². The number of nitrogens with zero attached hydrogens (tertiary/aromatic N) is 2. The molecule has 1 aromatic rings. The molecule has 0 saturated carbocycles. The molecule has 1 aromatic carbocycles. The van der Waals surface area contributed by atoms with Gasteiger partial charge in [0.05, 0.1) is 4.92 Å². The Hall–Kier alpha value is -3.66. The topological polar surface area (TPSA) is 119 Å². The average molecular weight is 385 g/mol. The smallest absolute Gasteiger partial charge is 0.348 e. The summed E-state index contributed by atoms with van der Waals surface area (Å²) >= 11 is 5.07. The van der Waals surface area contributed by atoms with Gasteiger partial charge in [-0.3, -0.25) is 29.9 Å². The number of rotatable bonds is 3. The molecule has 0 aliphatic carbocycles. The molecule has 1 saturated heterocycles. The summed E-state index contributed by atoms with van der Waals surface area (Å²) in [5.74, 6) is -1.86. The van der Waals surface area contributed by atoms with Crippen molar-refractivity contribution in [3.8, 4) is 0 Å². The lowest BCUT2D eigenvalue weighted by Gasteiger charge is -2.16. The van der Waals surface area contributed by atoms with Gasteiger partial charge in [-0.05, 0) is 30.8 Å². The summed E-state index contributed by atoms with van der Waals surface area (Å²) in [5, 5.41) is 13.3. The Kier molecular flexibility index (Phi) is 4.65. The lowest BCUT2D eigenvalue weighted by molar-refractivity contribution is -0.384. The second-order valence-electron chi connectivity index (χ2n) is 5.56. The maximum absolute atomic E-state index is 12.2. The number of ether oxygens (including phenoxy) is 1. The first-order valence-corrected chi connectivity index (χ1v) is 7.94. The van der Waals surface area contributed by atoms with Gasteiger partial charge < -0.3 is 4.74 Å². The summed E-state index contributed by atoms with van der Waals surface area (Å²) in [5.41, 5.74) is -0.0816. The van der Waals surface area contributed by atoms with Crippen molar-refractivity contribution in [2.24, 2.45) is 0 Å². The van der Waals surface area contributed by atoms with Gasteiger partial charge in [0.15, 0.2) is 10.9 Å². The van der Waals surface area contributed by atoms with Crippen LogP contribution in [0.25, 0.3) is 6.08 Å². The number of nitro groups is 1. The molecule has 0 unspecified atom stereocenters. The quantitative estimate of drug-likeness (QED) is 0.208. The normalized spacial score (nSPS) is 20.0. The number of esters is 1. The Bertz CT molecular complexity index is 1010. The van der Waals surface area contributed by atoms with Crippen LogP contribution in [-0.4, -0.2) is 32.6 Å². The molecule has 27 heavy (non-hydrogen) atoms. The van der Waals surface area contributed by atoms with E-state index in [2.05, 4.69) is 5.32 Å². The van der Waals surface area contributed by atoms with E-state index in [0.717, 1.165) is 17.2 Å². The van der Waals surface area contributed by atoms with Crippen molar-refractivity contribution < 1.29 is 24.0 Å². The van der Waals surface area contributed by atoms with Gasteiger partial charge in [-0.2, -0.15) is 0 Å². The zero-order valence-electron chi connectivity index (χ0n) is 13.8. The van der Waals surface area contributed by atoms with E-state index in [1.807, 2.05) is 0 Å². The number of non-ortho nitro benzene ring substituents is 1. The molecule has 3 rings (SSSR count). The molecule has 0 bridgehead atoms. The van der Waals surface area contributed by atoms with Crippen LogP contribution >= 0.6 is 12.2 Å². The van der Waals surface area contributed by atoms with E-state index in [1.165, 1.54) is 31.2 Å². The number of benzene rings is 1. The van der Waals surface area contributed by atoms with Crippen LogP contribution in [0, 0.1) is 10.1 Å². The number of hydrogen-bond donors (Lipinski definition) is 1. The number of carbonyl (C=O) groups is 3.